The van der Waals surface area contributed by atoms with Crippen molar-refractivity contribution in [3.63, 3.8) is 0 Å². The first-order chi connectivity index (χ1) is 9.08. The summed E-state index contributed by atoms with van der Waals surface area (Å²) in [5.74, 6) is 5.24. The lowest BCUT2D eigenvalue weighted by atomic mass is 10.2. The zero-order valence-electron chi connectivity index (χ0n) is 9.65. The van der Waals surface area contributed by atoms with Crippen molar-refractivity contribution in [2.45, 2.75) is 0 Å². The Balaban J connectivity index is 2.20. The number of rotatable bonds is 3. The van der Waals surface area contributed by atoms with E-state index in [4.69, 9.17) is 29.0 Å². The maximum atomic E-state index is 12.0. The molecule has 0 saturated heterocycles. The van der Waals surface area contributed by atoms with E-state index in [2.05, 4.69) is 15.7 Å². The quantitative estimate of drug-likeness (QED) is 0.462. The number of amides is 1. The summed E-state index contributed by atoms with van der Waals surface area (Å²) in [5, 5.41) is 3.49. The fraction of sp³-hybridized carbons (Fsp3) is 0. The van der Waals surface area contributed by atoms with Gasteiger partial charge in [-0.05, 0) is 36.4 Å². The van der Waals surface area contributed by atoms with Gasteiger partial charge in [-0.1, -0.05) is 23.2 Å². The number of pyridine rings is 1. The highest BCUT2D eigenvalue weighted by Crippen LogP contribution is 2.17. The second-order valence-corrected chi connectivity index (χ2v) is 4.49. The molecule has 0 atom stereocenters. The summed E-state index contributed by atoms with van der Waals surface area (Å²) in [7, 11) is 0. The van der Waals surface area contributed by atoms with Gasteiger partial charge < -0.3 is 10.7 Å². The fourth-order valence-electron chi connectivity index (χ4n) is 1.44. The molecule has 1 aromatic carbocycles. The van der Waals surface area contributed by atoms with Gasteiger partial charge in [0.1, 0.15) is 11.0 Å². The Morgan fingerprint density at radius 1 is 1.16 bits per heavy atom. The van der Waals surface area contributed by atoms with Gasteiger partial charge in [-0.2, -0.15) is 0 Å². The number of carbonyl (C=O) groups excluding carboxylic acids is 1. The van der Waals surface area contributed by atoms with Crippen LogP contribution in [0.4, 0.5) is 11.5 Å². The summed E-state index contributed by atoms with van der Waals surface area (Å²) in [4.78, 5) is 15.9. The minimum atomic E-state index is -0.317. The van der Waals surface area contributed by atoms with Gasteiger partial charge in [0.05, 0.1) is 0 Å². The van der Waals surface area contributed by atoms with Crippen LogP contribution in [0.3, 0.4) is 0 Å². The first kappa shape index (κ1) is 13.6. The van der Waals surface area contributed by atoms with Gasteiger partial charge in [0.2, 0.25) is 0 Å². The molecule has 1 heterocycles. The Kier molecular flexibility index (Phi) is 4.21. The predicted octanol–water partition coefficient (Wildman–Crippen LogP) is 2.93. The lowest BCUT2D eigenvalue weighted by Gasteiger charge is -2.07. The van der Waals surface area contributed by atoms with E-state index in [0.717, 1.165) is 0 Å². The van der Waals surface area contributed by atoms with Gasteiger partial charge in [0, 0.05) is 16.3 Å². The Morgan fingerprint density at radius 2 is 1.84 bits per heavy atom. The number of nitrogens with zero attached hydrogens (tertiary/aromatic N) is 1. The Labute approximate surface area is 119 Å². The topological polar surface area (TPSA) is 80.0 Å². The number of aromatic nitrogens is 1. The summed E-state index contributed by atoms with van der Waals surface area (Å²) in [6, 6.07) is 9.72. The highest BCUT2D eigenvalue weighted by Gasteiger charge is 2.09. The average Bonchev–Trinajstić information content (AvgIpc) is 2.40. The molecule has 0 radical (unpaired) electrons. The number of benzene rings is 1. The van der Waals surface area contributed by atoms with Gasteiger partial charge in [-0.15, -0.1) is 0 Å². The van der Waals surface area contributed by atoms with E-state index in [1.165, 1.54) is 12.1 Å². The van der Waals surface area contributed by atoms with E-state index in [-0.39, 0.29) is 11.1 Å². The third-order valence-corrected chi connectivity index (χ3v) is 2.75. The minimum absolute atomic E-state index is 0.178. The van der Waals surface area contributed by atoms with Gasteiger partial charge in [0.25, 0.3) is 5.91 Å². The van der Waals surface area contributed by atoms with Gasteiger partial charge in [-0.25, -0.2) is 10.8 Å². The van der Waals surface area contributed by atoms with Gasteiger partial charge in [-0.3, -0.25) is 4.79 Å². The first-order valence-corrected chi connectivity index (χ1v) is 6.05. The van der Waals surface area contributed by atoms with Crippen LogP contribution >= 0.6 is 23.2 Å². The molecule has 0 unspecified atom stereocenters. The number of nitrogens with two attached hydrogens (primary N) is 1. The smallest absolute Gasteiger partial charge is 0.255 e. The monoisotopic (exact) mass is 296 g/mol. The number of anilines is 2. The molecular weight excluding hydrogens is 287 g/mol. The van der Waals surface area contributed by atoms with Crippen LogP contribution in [0.5, 0.6) is 0 Å². The molecule has 0 fully saturated rings. The molecule has 5 nitrogen and oxygen atoms in total. The standard InChI is InChI=1S/C12H10Cl2N4O/c13-8-1-3-9(4-2-8)16-12(19)7-5-10(14)17-11(6-7)18-15/h1-6H,15H2,(H,16,19)(H,17,18). The van der Waals surface area contributed by atoms with Gasteiger partial charge >= 0.3 is 0 Å². The van der Waals surface area contributed by atoms with Crippen LogP contribution < -0.4 is 16.6 Å². The number of hydrogen-bond acceptors (Lipinski definition) is 4. The normalized spacial score (nSPS) is 10.1. The second-order valence-electron chi connectivity index (χ2n) is 3.67. The molecule has 98 valence electrons. The summed E-state index contributed by atoms with van der Waals surface area (Å²) >= 11 is 11.6. The molecule has 2 aromatic rings. The van der Waals surface area contributed by atoms with E-state index < -0.39 is 0 Å². The summed E-state index contributed by atoms with van der Waals surface area (Å²) < 4.78 is 0. The minimum Gasteiger partial charge on any atom is -0.322 e. The molecular formula is C12H10Cl2N4O. The zero-order chi connectivity index (χ0) is 13.8. The van der Waals surface area contributed by atoms with Crippen LogP contribution in [0.15, 0.2) is 36.4 Å². The van der Waals surface area contributed by atoms with E-state index in [1.54, 1.807) is 24.3 Å². The van der Waals surface area contributed by atoms with E-state index in [9.17, 15) is 4.79 Å². The summed E-state index contributed by atoms with van der Waals surface area (Å²) in [6.45, 7) is 0. The van der Waals surface area contributed by atoms with Crippen molar-refractivity contribution in [2.75, 3.05) is 10.7 Å². The number of nitrogens with one attached hydrogen (secondary N) is 2. The Morgan fingerprint density at radius 3 is 2.47 bits per heavy atom. The molecule has 0 aliphatic rings. The van der Waals surface area contributed by atoms with Crippen molar-refractivity contribution < 1.29 is 4.79 Å². The van der Waals surface area contributed by atoms with E-state index in [1.807, 2.05) is 0 Å². The summed E-state index contributed by atoms with van der Waals surface area (Å²) in [6.07, 6.45) is 0. The number of carbonyl (C=O) groups is 1. The lowest BCUT2D eigenvalue weighted by Crippen LogP contribution is -2.14. The van der Waals surface area contributed by atoms with Crippen LogP contribution in [0.1, 0.15) is 10.4 Å². The third kappa shape index (κ3) is 3.57. The van der Waals surface area contributed by atoms with Crippen molar-refractivity contribution in [1.29, 1.82) is 0 Å². The maximum Gasteiger partial charge on any atom is 0.255 e. The maximum absolute atomic E-state index is 12.0. The van der Waals surface area contributed by atoms with Crippen molar-refractivity contribution >= 4 is 40.6 Å². The van der Waals surface area contributed by atoms with E-state index in [0.29, 0.717) is 22.1 Å². The van der Waals surface area contributed by atoms with Crippen molar-refractivity contribution in [3.8, 4) is 0 Å². The van der Waals surface area contributed by atoms with E-state index >= 15 is 0 Å². The summed E-state index contributed by atoms with van der Waals surface area (Å²) in [5.41, 5.74) is 3.32. The lowest BCUT2D eigenvalue weighted by molar-refractivity contribution is 0.102. The molecule has 1 aromatic heterocycles. The number of halogens is 2. The van der Waals surface area contributed by atoms with Crippen molar-refractivity contribution in [3.05, 3.63) is 52.1 Å². The van der Waals surface area contributed by atoms with Crippen molar-refractivity contribution in [2.24, 2.45) is 5.84 Å². The first-order valence-electron chi connectivity index (χ1n) is 5.29. The molecule has 0 bridgehead atoms. The fourth-order valence-corrected chi connectivity index (χ4v) is 1.77. The largest absolute Gasteiger partial charge is 0.322 e. The Bertz CT molecular complexity index is 601. The second kappa shape index (κ2) is 5.88. The highest BCUT2D eigenvalue weighted by atomic mass is 35.5. The van der Waals surface area contributed by atoms with Crippen LogP contribution in [0.2, 0.25) is 10.2 Å². The van der Waals surface area contributed by atoms with Crippen LogP contribution in [-0.2, 0) is 0 Å². The molecule has 0 spiro atoms. The highest BCUT2D eigenvalue weighted by molar-refractivity contribution is 6.30. The SMILES string of the molecule is NNc1cc(C(=O)Nc2ccc(Cl)cc2)cc(Cl)n1. The Hall–Kier alpha value is -1.82. The van der Waals surface area contributed by atoms with Gasteiger partial charge in [0.15, 0.2) is 0 Å². The molecule has 0 aliphatic heterocycles. The number of hydrazine groups is 1. The predicted molar refractivity (Wildman–Crippen MR) is 76.5 cm³/mol. The number of hydrogen-bond donors (Lipinski definition) is 3. The zero-order valence-corrected chi connectivity index (χ0v) is 11.2. The molecule has 0 aliphatic carbocycles. The third-order valence-electron chi connectivity index (χ3n) is 2.31. The molecule has 4 N–H and O–H groups in total. The number of nitrogen functional groups attached to an aromatic ring is 1. The molecule has 19 heavy (non-hydrogen) atoms. The average molecular weight is 297 g/mol. The van der Waals surface area contributed by atoms with Crippen LogP contribution in [0, 0.1) is 0 Å². The van der Waals surface area contributed by atoms with Crippen LogP contribution in [-0.4, -0.2) is 10.9 Å². The molecule has 2 rings (SSSR count). The molecule has 0 saturated carbocycles. The molecule has 1 amide bonds. The van der Waals surface area contributed by atoms with Crippen LogP contribution in [0.25, 0.3) is 0 Å². The molecule has 7 heteroatoms. The van der Waals surface area contributed by atoms with Crippen molar-refractivity contribution in [1.82, 2.24) is 4.98 Å².